The molecule has 0 saturated heterocycles. The summed E-state index contributed by atoms with van der Waals surface area (Å²) in [5, 5.41) is 23.6. The van der Waals surface area contributed by atoms with E-state index in [1.165, 1.54) is 12.1 Å². The Kier molecular flexibility index (Phi) is 4.20. The fourth-order valence-electron chi connectivity index (χ4n) is 3.65. The lowest BCUT2D eigenvalue weighted by atomic mass is 10.0. The average Bonchev–Trinajstić information content (AvgIpc) is 2.97. The third-order valence-corrected chi connectivity index (χ3v) is 6.18. The topological polar surface area (TPSA) is 69.6 Å². The van der Waals surface area contributed by atoms with Gasteiger partial charge < -0.3 is 5.11 Å². The van der Waals surface area contributed by atoms with Crippen LogP contribution in [0.15, 0.2) is 48.5 Å². The molecule has 0 unspecified atom stereocenters. The van der Waals surface area contributed by atoms with Gasteiger partial charge in [0, 0.05) is 23.4 Å². The highest BCUT2D eigenvalue weighted by molar-refractivity contribution is 8.13. The molecule has 0 spiro atoms. The number of thioether (sulfide) groups is 1. The maximum Gasteiger partial charge on any atom is 0.316 e. The molecule has 2 aromatic carbocycles. The number of hydrogen-bond acceptors (Lipinski definition) is 5. The SMILES string of the molecule is Cc1ccccc1N1C[C@](O)(c2ccc([N+](=O)[O-])cc2)[N+]2=C1SCCC2. The van der Waals surface area contributed by atoms with E-state index in [0.29, 0.717) is 12.1 Å². The van der Waals surface area contributed by atoms with Crippen LogP contribution in [0.5, 0.6) is 0 Å². The summed E-state index contributed by atoms with van der Waals surface area (Å²) in [5.74, 6) is 1.02. The smallest absolute Gasteiger partial charge is 0.316 e. The largest absolute Gasteiger partial charge is 0.346 e. The lowest BCUT2D eigenvalue weighted by molar-refractivity contribution is -0.656. The minimum Gasteiger partial charge on any atom is -0.346 e. The van der Waals surface area contributed by atoms with Crippen LogP contribution in [-0.4, -0.2) is 38.6 Å². The summed E-state index contributed by atoms with van der Waals surface area (Å²) >= 11 is 1.75. The highest BCUT2D eigenvalue weighted by Gasteiger charge is 2.53. The molecular formula is C19H20N3O3S+. The quantitative estimate of drug-likeness (QED) is 0.511. The lowest BCUT2D eigenvalue weighted by Gasteiger charge is -2.24. The molecule has 1 atom stereocenters. The Labute approximate surface area is 155 Å². The van der Waals surface area contributed by atoms with Crippen molar-refractivity contribution in [1.29, 1.82) is 0 Å². The van der Waals surface area contributed by atoms with Crippen LogP contribution in [-0.2, 0) is 5.72 Å². The maximum absolute atomic E-state index is 11.6. The fourth-order valence-corrected chi connectivity index (χ4v) is 4.82. The van der Waals surface area contributed by atoms with Crippen molar-refractivity contribution in [2.75, 3.05) is 23.7 Å². The number of rotatable bonds is 3. The summed E-state index contributed by atoms with van der Waals surface area (Å²) in [6, 6.07) is 14.4. The molecule has 0 aliphatic carbocycles. The zero-order valence-electron chi connectivity index (χ0n) is 14.5. The Bertz CT molecular complexity index is 897. The van der Waals surface area contributed by atoms with Gasteiger partial charge in [-0.3, -0.25) is 10.1 Å². The fraction of sp³-hybridized carbons (Fsp3) is 0.316. The summed E-state index contributed by atoms with van der Waals surface area (Å²) in [6.45, 7) is 3.23. The molecule has 1 N–H and O–H groups in total. The number of hydrogen-bond donors (Lipinski definition) is 1. The minimum atomic E-state index is -1.19. The summed E-state index contributed by atoms with van der Waals surface area (Å²) < 4.78 is 2.04. The van der Waals surface area contributed by atoms with Gasteiger partial charge in [-0.15, -0.1) is 0 Å². The molecule has 0 fully saturated rings. The van der Waals surface area contributed by atoms with Crippen LogP contribution >= 0.6 is 11.8 Å². The zero-order valence-corrected chi connectivity index (χ0v) is 15.3. The Morgan fingerprint density at radius 3 is 2.65 bits per heavy atom. The molecule has 0 radical (unpaired) electrons. The van der Waals surface area contributed by atoms with E-state index in [2.05, 4.69) is 24.0 Å². The van der Waals surface area contributed by atoms with Crippen molar-refractivity contribution in [3.8, 4) is 0 Å². The molecule has 2 aliphatic rings. The molecule has 0 bridgehead atoms. The van der Waals surface area contributed by atoms with Gasteiger partial charge in [-0.05, 0) is 48.9 Å². The molecule has 2 aliphatic heterocycles. The van der Waals surface area contributed by atoms with E-state index in [0.717, 1.165) is 35.1 Å². The Hall–Kier alpha value is -2.38. The van der Waals surface area contributed by atoms with Crippen LogP contribution in [0, 0.1) is 17.0 Å². The van der Waals surface area contributed by atoms with E-state index in [4.69, 9.17) is 0 Å². The summed E-state index contributed by atoms with van der Waals surface area (Å²) in [6.07, 6.45) is 0.991. The van der Waals surface area contributed by atoms with Gasteiger partial charge in [0.25, 0.3) is 11.4 Å². The van der Waals surface area contributed by atoms with Crippen LogP contribution in [0.1, 0.15) is 17.5 Å². The summed E-state index contributed by atoms with van der Waals surface area (Å²) in [7, 11) is 0. The van der Waals surface area contributed by atoms with Gasteiger partial charge in [-0.2, -0.15) is 0 Å². The van der Waals surface area contributed by atoms with E-state index in [-0.39, 0.29) is 5.69 Å². The average molecular weight is 370 g/mol. The molecule has 0 saturated carbocycles. The Balaban J connectivity index is 1.78. The normalized spacial score (nSPS) is 22.5. The van der Waals surface area contributed by atoms with Crippen molar-refractivity contribution < 1.29 is 14.6 Å². The number of aliphatic hydroxyl groups is 1. The molecule has 4 rings (SSSR count). The lowest BCUT2D eigenvalue weighted by Crippen LogP contribution is -2.41. The highest BCUT2D eigenvalue weighted by atomic mass is 32.2. The maximum atomic E-state index is 11.6. The molecule has 6 nitrogen and oxygen atoms in total. The van der Waals surface area contributed by atoms with Gasteiger partial charge >= 0.3 is 5.17 Å². The van der Waals surface area contributed by atoms with Gasteiger partial charge in [0.1, 0.15) is 5.69 Å². The predicted octanol–water partition coefficient (Wildman–Crippen LogP) is 3.07. The van der Waals surface area contributed by atoms with Gasteiger partial charge in [0.15, 0.2) is 6.54 Å². The van der Waals surface area contributed by atoms with Gasteiger partial charge in [0.05, 0.1) is 11.5 Å². The predicted molar refractivity (Wildman–Crippen MR) is 103 cm³/mol. The van der Waals surface area contributed by atoms with Crippen LogP contribution in [0.25, 0.3) is 0 Å². The first-order chi connectivity index (χ1) is 12.5. The molecule has 0 amide bonds. The molecule has 134 valence electrons. The van der Waals surface area contributed by atoms with E-state index in [1.54, 1.807) is 23.9 Å². The van der Waals surface area contributed by atoms with Crippen molar-refractivity contribution >= 4 is 28.3 Å². The first kappa shape index (κ1) is 17.1. The van der Waals surface area contributed by atoms with E-state index in [1.807, 2.05) is 16.7 Å². The van der Waals surface area contributed by atoms with E-state index in [9.17, 15) is 15.2 Å². The molecule has 2 aromatic rings. The van der Waals surface area contributed by atoms with Gasteiger partial charge in [0.2, 0.25) is 0 Å². The van der Waals surface area contributed by atoms with Crippen molar-refractivity contribution in [2.24, 2.45) is 0 Å². The Morgan fingerprint density at radius 1 is 1.23 bits per heavy atom. The number of para-hydroxylation sites is 1. The third kappa shape index (κ3) is 2.68. The number of amidine groups is 1. The van der Waals surface area contributed by atoms with Gasteiger partial charge in [-0.1, -0.05) is 18.2 Å². The van der Waals surface area contributed by atoms with Crippen LogP contribution in [0.3, 0.4) is 0 Å². The van der Waals surface area contributed by atoms with Crippen molar-refractivity contribution in [3.05, 3.63) is 69.8 Å². The van der Waals surface area contributed by atoms with Crippen molar-refractivity contribution in [1.82, 2.24) is 0 Å². The Morgan fingerprint density at radius 2 is 1.96 bits per heavy atom. The first-order valence-electron chi connectivity index (χ1n) is 8.58. The molecule has 7 heteroatoms. The van der Waals surface area contributed by atoms with Crippen molar-refractivity contribution in [2.45, 2.75) is 19.1 Å². The van der Waals surface area contributed by atoms with Crippen LogP contribution < -0.4 is 4.90 Å². The molecule has 0 aromatic heterocycles. The number of β-amino-alcohol motifs (C(OH)–C–C–N with tert-alkyl or cyclic N) is 1. The summed E-state index contributed by atoms with van der Waals surface area (Å²) in [4.78, 5) is 12.7. The van der Waals surface area contributed by atoms with Crippen LogP contribution in [0.4, 0.5) is 11.4 Å². The van der Waals surface area contributed by atoms with Gasteiger partial charge in [-0.25, -0.2) is 9.48 Å². The molecule has 2 heterocycles. The number of nitro benzene ring substituents is 1. The second kappa shape index (κ2) is 6.41. The first-order valence-corrected chi connectivity index (χ1v) is 9.57. The van der Waals surface area contributed by atoms with Crippen molar-refractivity contribution in [3.63, 3.8) is 0 Å². The van der Waals surface area contributed by atoms with E-state index >= 15 is 0 Å². The second-order valence-electron chi connectivity index (χ2n) is 6.63. The highest BCUT2D eigenvalue weighted by Crippen LogP contribution is 2.38. The number of aryl methyl sites for hydroxylation is 1. The second-order valence-corrected chi connectivity index (χ2v) is 7.69. The number of nitro groups is 1. The number of nitrogens with zero attached hydrogens (tertiary/aromatic N) is 3. The monoisotopic (exact) mass is 370 g/mol. The zero-order chi connectivity index (χ0) is 18.3. The molecule has 26 heavy (non-hydrogen) atoms. The van der Waals surface area contributed by atoms with Crippen LogP contribution in [0.2, 0.25) is 0 Å². The summed E-state index contributed by atoms with van der Waals surface area (Å²) in [5.41, 5.74) is 1.75. The number of non-ortho nitro benzene ring substituents is 1. The van der Waals surface area contributed by atoms with E-state index < -0.39 is 10.6 Å². The number of anilines is 1. The number of benzene rings is 2. The minimum absolute atomic E-state index is 0.0309. The molecular weight excluding hydrogens is 350 g/mol. The third-order valence-electron chi connectivity index (χ3n) is 4.99. The standard InChI is InChI=1S/C19H20N3O3S/c1-14-5-2-3-6-17(14)20-13-19(23,21-11-4-12-26-18(20)21)15-7-9-16(10-8-15)22(24)25/h2-3,5-10,23H,4,11-13H2,1H3/q+1/t19-/m0/s1.